The van der Waals surface area contributed by atoms with Crippen LogP contribution in [-0.2, 0) is 27.3 Å². The number of aryl methyl sites for hydroxylation is 1. The summed E-state index contributed by atoms with van der Waals surface area (Å²) in [6.07, 6.45) is 7.22. The second kappa shape index (κ2) is 11.2. The van der Waals surface area contributed by atoms with E-state index in [1.807, 2.05) is 66.9 Å². The molecule has 228 valence electrons. The molecule has 1 aliphatic heterocycles. The minimum atomic E-state index is -3.60. The van der Waals surface area contributed by atoms with Gasteiger partial charge >= 0.3 is 0 Å². The van der Waals surface area contributed by atoms with Gasteiger partial charge in [-0.05, 0) is 67.9 Å². The maximum Gasteiger partial charge on any atom is 0.273 e. The first kappa shape index (κ1) is 29.6. The molecule has 1 saturated heterocycles. The molecular formula is C33H36N6O4S. The normalized spacial score (nSPS) is 14.7. The summed E-state index contributed by atoms with van der Waals surface area (Å²) >= 11 is 0. The fourth-order valence-electron chi connectivity index (χ4n) is 5.66. The van der Waals surface area contributed by atoms with Crippen LogP contribution >= 0.6 is 0 Å². The van der Waals surface area contributed by atoms with Crippen LogP contribution in [-0.4, -0.2) is 53.0 Å². The standard InChI is InChI=1S/C33H36N6O4S/c1-5-44(41,42)37-26-16-23(24-17-27(31(40)38(4)19-24)36-20-32(2)21-43-22-32)18-28-25(26)12-15-39(28)33(3,29-10-6-8-13-34-29)30-11-7-9-14-35-30/h6-19,36-37H,5,20-22H2,1-4H3. The van der Waals surface area contributed by atoms with E-state index in [1.165, 1.54) is 0 Å². The molecule has 0 bridgehead atoms. The Bertz CT molecular complexity index is 1940. The molecule has 0 aliphatic carbocycles. The zero-order chi connectivity index (χ0) is 31.1. The molecule has 0 unspecified atom stereocenters. The van der Waals surface area contributed by atoms with Gasteiger partial charge in [-0.25, -0.2) is 8.42 Å². The van der Waals surface area contributed by atoms with Gasteiger partial charge in [0.2, 0.25) is 10.0 Å². The highest BCUT2D eigenvalue weighted by Crippen LogP contribution is 2.39. The van der Waals surface area contributed by atoms with Crippen molar-refractivity contribution in [2.75, 3.05) is 35.6 Å². The number of pyridine rings is 3. The molecular weight excluding hydrogens is 576 g/mol. The predicted molar refractivity (Wildman–Crippen MR) is 173 cm³/mol. The van der Waals surface area contributed by atoms with Crippen LogP contribution in [0.25, 0.3) is 22.0 Å². The van der Waals surface area contributed by atoms with Crippen LogP contribution in [0.5, 0.6) is 0 Å². The molecule has 0 radical (unpaired) electrons. The molecule has 0 saturated carbocycles. The van der Waals surface area contributed by atoms with E-state index in [-0.39, 0.29) is 16.7 Å². The van der Waals surface area contributed by atoms with E-state index in [2.05, 4.69) is 28.5 Å². The second-order valence-corrected chi connectivity index (χ2v) is 13.9. The van der Waals surface area contributed by atoms with Crippen molar-refractivity contribution in [3.05, 3.63) is 107 Å². The number of hydrogen-bond acceptors (Lipinski definition) is 7. The van der Waals surface area contributed by atoms with E-state index < -0.39 is 15.6 Å². The third-order valence-corrected chi connectivity index (χ3v) is 9.68. The first-order chi connectivity index (χ1) is 21.0. The Morgan fingerprint density at radius 2 is 1.64 bits per heavy atom. The monoisotopic (exact) mass is 612 g/mol. The molecule has 5 aromatic rings. The summed E-state index contributed by atoms with van der Waals surface area (Å²) in [6, 6.07) is 19.1. The molecule has 1 aromatic carbocycles. The highest BCUT2D eigenvalue weighted by Gasteiger charge is 2.35. The van der Waals surface area contributed by atoms with Gasteiger partial charge in [-0.15, -0.1) is 0 Å². The Morgan fingerprint density at radius 1 is 0.977 bits per heavy atom. The fourth-order valence-corrected chi connectivity index (χ4v) is 6.31. The van der Waals surface area contributed by atoms with Gasteiger partial charge in [-0.1, -0.05) is 19.1 Å². The van der Waals surface area contributed by atoms with Crippen LogP contribution in [0.4, 0.5) is 11.4 Å². The lowest BCUT2D eigenvalue weighted by Crippen LogP contribution is -2.45. The summed E-state index contributed by atoms with van der Waals surface area (Å²) in [5.74, 6) is -0.0740. The van der Waals surface area contributed by atoms with Crippen molar-refractivity contribution in [3.8, 4) is 11.1 Å². The minimum absolute atomic E-state index is 0.0340. The largest absolute Gasteiger partial charge is 0.380 e. The van der Waals surface area contributed by atoms with Gasteiger partial charge in [0.05, 0.1) is 41.6 Å². The maximum absolute atomic E-state index is 13.1. The van der Waals surface area contributed by atoms with Gasteiger partial charge in [0.15, 0.2) is 0 Å². The average molecular weight is 613 g/mol. The highest BCUT2D eigenvalue weighted by atomic mass is 32.2. The summed E-state index contributed by atoms with van der Waals surface area (Å²) in [5, 5.41) is 4.06. The van der Waals surface area contributed by atoms with Crippen LogP contribution in [0.2, 0.25) is 0 Å². The van der Waals surface area contributed by atoms with Crippen molar-refractivity contribution in [3.63, 3.8) is 0 Å². The van der Waals surface area contributed by atoms with Crippen molar-refractivity contribution < 1.29 is 13.2 Å². The van der Waals surface area contributed by atoms with Gasteiger partial charge < -0.3 is 19.2 Å². The summed E-state index contributed by atoms with van der Waals surface area (Å²) in [6.45, 7) is 7.65. The van der Waals surface area contributed by atoms with E-state index >= 15 is 0 Å². The number of rotatable bonds is 10. The zero-order valence-corrected chi connectivity index (χ0v) is 26.1. The quantitative estimate of drug-likeness (QED) is 0.232. The molecule has 1 aliphatic rings. The van der Waals surface area contributed by atoms with Gasteiger partial charge in [0.25, 0.3) is 5.56 Å². The van der Waals surface area contributed by atoms with E-state index in [0.717, 1.165) is 33.4 Å². The predicted octanol–water partition coefficient (Wildman–Crippen LogP) is 4.82. The summed E-state index contributed by atoms with van der Waals surface area (Å²) in [7, 11) is -1.89. The number of hydrogen-bond donors (Lipinski definition) is 2. The smallest absolute Gasteiger partial charge is 0.273 e. The summed E-state index contributed by atoms with van der Waals surface area (Å²) in [5.41, 5.74) is 3.74. The molecule has 4 aromatic heterocycles. The number of anilines is 2. The molecule has 5 heterocycles. The lowest BCUT2D eigenvalue weighted by molar-refractivity contribution is -0.0924. The average Bonchev–Trinajstić information content (AvgIpc) is 3.46. The number of sulfonamides is 1. The third kappa shape index (κ3) is 5.37. The molecule has 0 spiro atoms. The van der Waals surface area contributed by atoms with Gasteiger partial charge in [0.1, 0.15) is 11.2 Å². The number of benzene rings is 1. The van der Waals surface area contributed by atoms with Crippen LogP contribution in [0.3, 0.4) is 0 Å². The molecule has 44 heavy (non-hydrogen) atoms. The molecule has 1 fully saturated rings. The van der Waals surface area contributed by atoms with Crippen molar-refractivity contribution in [2.24, 2.45) is 12.5 Å². The Morgan fingerprint density at radius 3 is 2.20 bits per heavy atom. The van der Waals surface area contributed by atoms with E-state index in [1.54, 1.807) is 37.1 Å². The number of ether oxygens (including phenoxy) is 1. The second-order valence-electron chi connectivity index (χ2n) is 11.9. The lowest BCUT2D eigenvalue weighted by atomic mass is 9.88. The maximum atomic E-state index is 13.1. The molecule has 0 atom stereocenters. The Kier molecular flexibility index (Phi) is 7.54. The van der Waals surface area contributed by atoms with Crippen LogP contribution in [0.15, 0.2) is 90.2 Å². The van der Waals surface area contributed by atoms with E-state index in [4.69, 9.17) is 14.7 Å². The first-order valence-corrected chi connectivity index (χ1v) is 16.2. The van der Waals surface area contributed by atoms with Crippen LogP contribution in [0.1, 0.15) is 32.2 Å². The minimum Gasteiger partial charge on any atom is -0.380 e. The van der Waals surface area contributed by atoms with Gasteiger partial charge in [0, 0.05) is 54.7 Å². The molecule has 2 N–H and O–H groups in total. The number of nitrogens with zero attached hydrogens (tertiary/aromatic N) is 4. The van der Waals surface area contributed by atoms with Crippen LogP contribution < -0.4 is 15.6 Å². The molecule has 6 rings (SSSR count). The Balaban J connectivity index is 1.57. The number of nitrogens with one attached hydrogen (secondary N) is 2. The molecule has 0 amide bonds. The first-order valence-electron chi connectivity index (χ1n) is 14.5. The SMILES string of the molecule is CCS(=O)(=O)Nc1cc(-c2cc(NCC3(C)COC3)c(=O)n(C)c2)cc2c1ccn2C(C)(c1ccccn1)c1ccccn1. The number of fused-ring (bicyclic) bond motifs is 1. The zero-order valence-electron chi connectivity index (χ0n) is 25.2. The lowest BCUT2D eigenvalue weighted by Gasteiger charge is -2.38. The third-order valence-electron chi connectivity index (χ3n) is 8.39. The van der Waals surface area contributed by atoms with Gasteiger partial charge in [-0.2, -0.15) is 0 Å². The Labute approximate surface area is 256 Å². The summed E-state index contributed by atoms with van der Waals surface area (Å²) in [4.78, 5) is 22.5. The summed E-state index contributed by atoms with van der Waals surface area (Å²) < 4.78 is 37.5. The molecule has 11 heteroatoms. The van der Waals surface area contributed by atoms with Gasteiger partial charge in [-0.3, -0.25) is 19.5 Å². The van der Waals surface area contributed by atoms with Crippen molar-refractivity contribution >= 4 is 32.3 Å². The van der Waals surface area contributed by atoms with Crippen molar-refractivity contribution in [1.29, 1.82) is 0 Å². The van der Waals surface area contributed by atoms with Crippen molar-refractivity contribution in [1.82, 2.24) is 19.1 Å². The topological polar surface area (TPSA) is 120 Å². The van der Waals surface area contributed by atoms with Crippen molar-refractivity contribution in [2.45, 2.75) is 26.3 Å². The van der Waals surface area contributed by atoms with E-state index in [0.29, 0.717) is 31.1 Å². The molecule has 10 nitrogen and oxygen atoms in total. The Hall–Kier alpha value is -4.48. The highest BCUT2D eigenvalue weighted by molar-refractivity contribution is 7.92. The van der Waals surface area contributed by atoms with Crippen LogP contribution in [0, 0.1) is 5.41 Å². The van der Waals surface area contributed by atoms with E-state index in [9.17, 15) is 13.2 Å². The number of aromatic nitrogens is 4. The fraction of sp³-hybridized carbons (Fsp3) is 0.303.